The molecule has 1 aliphatic rings. The zero-order chi connectivity index (χ0) is 13.0. The topological polar surface area (TPSA) is 60.2 Å². The van der Waals surface area contributed by atoms with Crippen molar-refractivity contribution in [1.82, 2.24) is 15.5 Å². The van der Waals surface area contributed by atoms with Crippen molar-refractivity contribution in [3.63, 3.8) is 0 Å². The first kappa shape index (κ1) is 13.5. The van der Waals surface area contributed by atoms with Crippen LogP contribution in [0.5, 0.6) is 0 Å². The summed E-state index contributed by atoms with van der Waals surface area (Å²) in [7, 11) is 1.96. The van der Waals surface area contributed by atoms with Gasteiger partial charge in [-0.25, -0.2) is 0 Å². The predicted molar refractivity (Wildman–Crippen MR) is 68.5 cm³/mol. The summed E-state index contributed by atoms with van der Waals surface area (Å²) in [5.74, 6) is 2.42. The van der Waals surface area contributed by atoms with Gasteiger partial charge in [0.15, 0.2) is 5.82 Å². The highest BCUT2D eigenvalue weighted by Crippen LogP contribution is 2.23. The number of likely N-dealkylation sites (N-methyl/N-ethyl adjacent to an activating group) is 1. The lowest BCUT2D eigenvalue weighted by Crippen LogP contribution is -2.28. The van der Waals surface area contributed by atoms with Gasteiger partial charge in [-0.2, -0.15) is 4.98 Å². The summed E-state index contributed by atoms with van der Waals surface area (Å²) < 4.78 is 10.8. The summed E-state index contributed by atoms with van der Waals surface area (Å²) in [6.45, 7) is 5.98. The molecule has 0 aliphatic carbocycles. The monoisotopic (exact) mass is 253 g/mol. The molecule has 1 N–H and O–H groups in total. The van der Waals surface area contributed by atoms with Crippen molar-refractivity contribution in [3.8, 4) is 0 Å². The number of ether oxygens (including phenoxy) is 1. The SMILES string of the molecule is CCC(c1nc(CC2CCOC2)no1)C(C)NC. The fourth-order valence-corrected chi connectivity index (χ4v) is 2.45. The van der Waals surface area contributed by atoms with Gasteiger partial charge in [-0.3, -0.25) is 0 Å². The van der Waals surface area contributed by atoms with E-state index in [0.717, 1.165) is 44.2 Å². The largest absolute Gasteiger partial charge is 0.381 e. The van der Waals surface area contributed by atoms with E-state index in [4.69, 9.17) is 9.26 Å². The van der Waals surface area contributed by atoms with Crippen LogP contribution in [0.1, 0.15) is 44.3 Å². The number of nitrogens with one attached hydrogen (secondary N) is 1. The van der Waals surface area contributed by atoms with Gasteiger partial charge in [-0.15, -0.1) is 0 Å². The Morgan fingerprint density at radius 1 is 1.50 bits per heavy atom. The second-order valence-electron chi connectivity index (χ2n) is 5.07. The highest BCUT2D eigenvalue weighted by molar-refractivity contribution is 4.98. The van der Waals surface area contributed by atoms with Crippen LogP contribution in [0.15, 0.2) is 4.52 Å². The minimum absolute atomic E-state index is 0.288. The van der Waals surface area contributed by atoms with Crippen molar-refractivity contribution >= 4 is 0 Å². The molecule has 5 nitrogen and oxygen atoms in total. The second-order valence-corrected chi connectivity index (χ2v) is 5.07. The van der Waals surface area contributed by atoms with E-state index in [1.165, 1.54) is 0 Å². The Bertz CT molecular complexity index is 361. The summed E-state index contributed by atoms with van der Waals surface area (Å²) in [4.78, 5) is 4.54. The molecule has 102 valence electrons. The van der Waals surface area contributed by atoms with Gasteiger partial charge in [-0.05, 0) is 32.7 Å². The fourth-order valence-electron chi connectivity index (χ4n) is 2.45. The lowest BCUT2D eigenvalue weighted by Gasteiger charge is -2.17. The molecule has 1 saturated heterocycles. The third-order valence-corrected chi connectivity index (χ3v) is 3.79. The van der Waals surface area contributed by atoms with Gasteiger partial charge in [0, 0.05) is 25.7 Å². The predicted octanol–water partition coefficient (Wildman–Crippen LogP) is 1.75. The minimum Gasteiger partial charge on any atom is -0.381 e. The smallest absolute Gasteiger partial charge is 0.231 e. The van der Waals surface area contributed by atoms with Crippen molar-refractivity contribution in [3.05, 3.63) is 11.7 Å². The summed E-state index contributed by atoms with van der Waals surface area (Å²) >= 11 is 0. The molecule has 5 heteroatoms. The van der Waals surface area contributed by atoms with Crippen molar-refractivity contribution in [2.45, 2.75) is 45.1 Å². The highest BCUT2D eigenvalue weighted by Gasteiger charge is 2.24. The minimum atomic E-state index is 0.288. The van der Waals surface area contributed by atoms with Crippen LogP contribution >= 0.6 is 0 Å². The molecular weight excluding hydrogens is 230 g/mol. The van der Waals surface area contributed by atoms with E-state index in [-0.39, 0.29) is 5.92 Å². The normalized spacial score (nSPS) is 23.2. The maximum atomic E-state index is 5.41. The Labute approximate surface area is 108 Å². The van der Waals surface area contributed by atoms with Gasteiger partial charge >= 0.3 is 0 Å². The number of hydrogen-bond donors (Lipinski definition) is 1. The molecule has 0 saturated carbocycles. The molecule has 1 aliphatic heterocycles. The van der Waals surface area contributed by atoms with Crippen molar-refractivity contribution in [1.29, 1.82) is 0 Å². The molecule has 1 aromatic rings. The lowest BCUT2D eigenvalue weighted by molar-refractivity contribution is 0.185. The standard InChI is InChI=1S/C13H23N3O2/c1-4-11(9(2)14-3)13-15-12(16-18-13)7-10-5-6-17-8-10/h9-11,14H,4-8H2,1-3H3. The third-order valence-electron chi connectivity index (χ3n) is 3.79. The van der Waals surface area contributed by atoms with Gasteiger partial charge < -0.3 is 14.6 Å². The van der Waals surface area contributed by atoms with Crippen molar-refractivity contribution in [2.75, 3.05) is 20.3 Å². The molecule has 1 fully saturated rings. The average molecular weight is 253 g/mol. The third kappa shape index (κ3) is 3.09. The van der Waals surface area contributed by atoms with E-state index in [2.05, 4.69) is 29.3 Å². The zero-order valence-corrected chi connectivity index (χ0v) is 11.5. The molecule has 0 aromatic carbocycles. The summed E-state index contributed by atoms with van der Waals surface area (Å²) in [5.41, 5.74) is 0. The van der Waals surface area contributed by atoms with E-state index < -0.39 is 0 Å². The van der Waals surface area contributed by atoms with Gasteiger partial charge in [-0.1, -0.05) is 12.1 Å². The van der Waals surface area contributed by atoms with E-state index in [9.17, 15) is 0 Å². The van der Waals surface area contributed by atoms with Crippen LogP contribution < -0.4 is 5.32 Å². The Morgan fingerprint density at radius 3 is 2.94 bits per heavy atom. The van der Waals surface area contributed by atoms with Crippen LogP contribution in [0, 0.1) is 5.92 Å². The molecule has 0 radical (unpaired) electrons. The van der Waals surface area contributed by atoms with Crippen LogP contribution in [0.2, 0.25) is 0 Å². The molecule has 1 aromatic heterocycles. The summed E-state index contributed by atoms with van der Waals surface area (Å²) in [5, 5.41) is 7.34. The number of aromatic nitrogens is 2. The van der Waals surface area contributed by atoms with Gasteiger partial charge in [0.05, 0.1) is 5.92 Å². The molecule has 0 amide bonds. The molecule has 3 unspecified atom stereocenters. The van der Waals surface area contributed by atoms with Crippen molar-refractivity contribution < 1.29 is 9.26 Å². The Kier molecular flexibility index (Phi) is 4.72. The van der Waals surface area contributed by atoms with Crippen LogP contribution in [-0.4, -0.2) is 36.4 Å². The molecule has 3 atom stereocenters. The zero-order valence-electron chi connectivity index (χ0n) is 11.5. The molecule has 2 heterocycles. The Morgan fingerprint density at radius 2 is 2.33 bits per heavy atom. The van der Waals surface area contributed by atoms with Crippen molar-refractivity contribution in [2.24, 2.45) is 5.92 Å². The maximum absolute atomic E-state index is 5.41. The quantitative estimate of drug-likeness (QED) is 0.837. The average Bonchev–Trinajstić information content (AvgIpc) is 3.02. The Hall–Kier alpha value is -0.940. The van der Waals surface area contributed by atoms with Crippen LogP contribution in [0.3, 0.4) is 0 Å². The first-order valence-electron chi connectivity index (χ1n) is 6.82. The van der Waals surface area contributed by atoms with Gasteiger partial charge in [0.1, 0.15) is 0 Å². The van der Waals surface area contributed by atoms with Crippen LogP contribution in [0.4, 0.5) is 0 Å². The first-order valence-corrected chi connectivity index (χ1v) is 6.82. The molecular formula is C13H23N3O2. The van der Waals surface area contributed by atoms with Gasteiger partial charge in [0.25, 0.3) is 0 Å². The molecule has 0 bridgehead atoms. The lowest BCUT2D eigenvalue weighted by atomic mass is 9.98. The highest BCUT2D eigenvalue weighted by atomic mass is 16.5. The van der Waals surface area contributed by atoms with E-state index in [0.29, 0.717) is 12.0 Å². The van der Waals surface area contributed by atoms with Gasteiger partial charge in [0.2, 0.25) is 5.89 Å². The van der Waals surface area contributed by atoms with Crippen LogP contribution in [-0.2, 0) is 11.2 Å². The molecule has 18 heavy (non-hydrogen) atoms. The van der Waals surface area contributed by atoms with E-state index in [1.54, 1.807) is 0 Å². The van der Waals surface area contributed by atoms with Crippen LogP contribution in [0.25, 0.3) is 0 Å². The number of hydrogen-bond acceptors (Lipinski definition) is 5. The summed E-state index contributed by atoms with van der Waals surface area (Å²) in [6, 6.07) is 0.345. The fraction of sp³-hybridized carbons (Fsp3) is 0.846. The number of nitrogens with zero attached hydrogens (tertiary/aromatic N) is 2. The first-order chi connectivity index (χ1) is 8.74. The number of rotatable bonds is 6. The molecule has 2 rings (SSSR count). The second kappa shape index (κ2) is 6.29. The van der Waals surface area contributed by atoms with E-state index in [1.807, 2.05) is 7.05 Å². The summed E-state index contributed by atoms with van der Waals surface area (Å²) in [6.07, 6.45) is 2.97. The molecule has 0 spiro atoms. The maximum Gasteiger partial charge on any atom is 0.231 e. The van der Waals surface area contributed by atoms with E-state index >= 15 is 0 Å². The Balaban J connectivity index is 1.99.